The fourth-order valence-corrected chi connectivity index (χ4v) is 13.4. The van der Waals surface area contributed by atoms with Crippen molar-refractivity contribution in [3.8, 4) is 102 Å². The molecule has 410 valence electrons. The summed E-state index contributed by atoms with van der Waals surface area (Å²) < 4.78 is 5.04. The third-order valence-corrected chi connectivity index (χ3v) is 17.0. The molecular weight excluding hydrogens is 1050 g/mol. The summed E-state index contributed by atoms with van der Waals surface area (Å²) in [6.07, 6.45) is 0. The third kappa shape index (κ3) is 8.76. The Kier molecular flexibility index (Phi) is 12.7. The molecule has 0 saturated heterocycles. The van der Waals surface area contributed by atoms with Gasteiger partial charge in [-0.1, -0.05) is 218 Å². The molecule has 0 saturated carbocycles. The van der Waals surface area contributed by atoms with Gasteiger partial charge >= 0.3 is 0 Å². The second kappa shape index (κ2) is 21.0. The molecular formula is C78H58N8. The molecule has 0 N–H and O–H groups in total. The lowest BCUT2D eigenvalue weighted by Gasteiger charge is -2.21. The summed E-state index contributed by atoms with van der Waals surface area (Å²) in [6.45, 7) is 13.6. The highest BCUT2D eigenvalue weighted by Crippen LogP contribution is 2.46. The SMILES string of the molecule is Cc1cc(C)c(-n2c3ccccc3c3c4c5ccccc5n(-c5c(C)cc(C)c(-c6ccc(-c7nc(-c8ccccc8)nc(-c8ccccc8)n7)cc6)c5C)c4ccc32)c(C)c1-c1ccc(-c2nc(-c3ccccc3)nc(-c3ccccc3)n2)cc1. The van der Waals surface area contributed by atoms with Gasteiger partial charge in [-0.3, -0.25) is 0 Å². The summed E-state index contributed by atoms with van der Waals surface area (Å²) in [5.41, 5.74) is 24.6. The number of fused-ring (bicyclic) bond motifs is 7. The van der Waals surface area contributed by atoms with E-state index in [0.29, 0.717) is 34.9 Å². The van der Waals surface area contributed by atoms with Crippen molar-refractivity contribution in [1.82, 2.24) is 39.0 Å². The van der Waals surface area contributed by atoms with E-state index >= 15 is 0 Å². The highest BCUT2D eigenvalue weighted by Gasteiger charge is 2.26. The second-order valence-corrected chi connectivity index (χ2v) is 22.5. The van der Waals surface area contributed by atoms with Crippen LogP contribution >= 0.6 is 0 Å². The first-order valence-corrected chi connectivity index (χ1v) is 29.3. The van der Waals surface area contributed by atoms with Crippen molar-refractivity contribution in [2.24, 2.45) is 0 Å². The number of aryl methyl sites for hydroxylation is 4. The smallest absolute Gasteiger partial charge is 0.164 e. The van der Waals surface area contributed by atoms with Crippen molar-refractivity contribution < 1.29 is 0 Å². The van der Waals surface area contributed by atoms with Gasteiger partial charge in [-0.15, -0.1) is 0 Å². The van der Waals surface area contributed by atoms with Gasteiger partial charge in [0.2, 0.25) is 0 Å². The lowest BCUT2D eigenvalue weighted by atomic mass is 9.91. The minimum absolute atomic E-state index is 0.632. The Balaban J connectivity index is 0.843. The van der Waals surface area contributed by atoms with Crippen LogP contribution in [0.3, 0.4) is 0 Å². The number of hydrogen-bond donors (Lipinski definition) is 0. The third-order valence-electron chi connectivity index (χ3n) is 17.0. The number of aromatic nitrogens is 8. The predicted molar refractivity (Wildman–Crippen MR) is 354 cm³/mol. The molecule has 0 bridgehead atoms. The average molecular weight is 1110 g/mol. The largest absolute Gasteiger partial charge is 0.309 e. The predicted octanol–water partition coefficient (Wildman–Crippen LogP) is 19.4. The van der Waals surface area contributed by atoms with E-state index in [1.807, 2.05) is 121 Å². The van der Waals surface area contributed by atoms with Gasteiger partial charge in [0.25, 0.3) is 0 Å². The van der Waals surface area contributed by atoms with E-state index in [4.69, 9.17) is 29.9 Å². The lowest BCUT2D eigenvalue weighted by molar-refractivity contribution is 1.07. The number of para-hydroxylation sites is 2. The van der Waals surface area contributed by atoms with Crippen LogP contribution in [-0.2, 0) is 0 Å². The van der Waals surface area contributed by atoms with E-state index in [1.54, 1.807) is 0 Å². The number of rotatable bonds is 10. The van der Waals surface area contributed by atoms with Gasteiger partial charge in [0.15, 0.2) is 34.9 Å². The quantitative estimate of drug-likeness (QED) is 0.136. The summed E-state index contributed by atoms with van der Waals surface area (Å²) >= 11 is 0. The van der Waals surface area contributed by atoms with E-state index in [-0.39, 0.29) is 0 Å². The molecule has 4 heterocycles. The van der Waals surface area contributed by atoms with E-state index in [0.717, 1.165) is 44.5 Å². The summed E-state index contributed by atoms with van der Waals surface area (Å²) in [5, 5.41) is 4.91. The highest BCUT2D eigenvalue weighted by atomic mass is 15.0. The first-order chi connectivity index (χ1) is 42.1. The number of nitrogens with zero attached hydrogens (tertiary/aromatic N) is 8. The molecule has 0 amide bonds. The topological polar surface area (TPSA) is 87.2 Å². The molecule has 11 aromatic carbocycles. The zero-order valence-electron chi connectivity index (χ0n) is 48.7. The maximum atomic E-state index is 5.04. The van der Waals surface area contributed by atoms with Crippen LogP contribution in [0, 0.1) is 41.5 Å². The molecule has 8 nitrogen and oxygen atoms in total. The molecule has 0 aliphatic heterocycles. The van der Waals surface area contributed by atoms with Crippen LogP contribution in [0.2, 0.25) is 0 Å². The summed E-state index contributed by atoms with van der Waals surface area (Å²) in [5.74, 6) is 3.83. The zero-order valence-corrected chi connectivity index (χ0v) is 48.7. The average Bonchev–Trinajstić information content (AvgIpc) is 1.78. The molecule has 0 fully saturated rings. The Bertz CT molecular complexity index is 4690. The van der Waals surface area contributed by atoms with Crippen LogP contribution in [0.15, 0.2) is 243 Å². The fraction of sp³-hybridized carbons (Fsp3) is 0.0769. The normalized spacial score (nSPS) is 11.6. The van der Waals surface area contributed by atoms with Gasteiger partial charge < -0.3 is 9.13 Å². The highest BCUT2D eigenvalue weighted by molar-refractivity contribution is 6.29. The van der Waals surface area contributed by atoms with E-state index in [1.165, 1.54) is 99.5 Å². The van der Waals surface area contributed by atoms with Crippen LogP contribution in [0.5, 0.6) is 0 Å². The van der Waals surface area contributed by atoms with E-state index in [9.17, 15) is 0 Å². The van der Waals surface area contributed by atoms with Gasteiger partial charge in [0.05, 0.1) is 33.4 Å². The summed E-state index contributed by atoms with van der Waals surface area (Å²) in [6, 6.07) is 85.3. The van der Waals surface area contributed by atoms with Gasteiger partial charge in [-0.2, -0.15) is 0 Å². The standard InChI is InChI=1S/C78H58N8/c1-47-45-49(3)71(51(5)67(47)53-35-39-59(40-36-53)77-81-73(55-23-11-7-12-24-55)79-74(82-77)56-25-13-8-14-26-56)85-63-33-21-19-31-61(63)69-65(85)43-44-66-70(69)62-32-20-22-34-64(62)86(66)72-50(4)46-48(2)68(52(72)6)54-37-41-60(42-38-54)78-83-75(57-27-15-9-16-28-57)80-76(84-78)58-29-17-10-18-30-58/h7-46H,1-6H3. The fourth-order valence-electron chi connectivity index (χ4n) is 13.4. The van der Waals surface area contributed by atoms with Gasteiger partial charge in [0.1, 0.15) is 0 Å². The molecule has 0 atom stereocenters. The van der Waals surface area contributed by atoms with Crippen LogP contribution < -0.4 is 0 Å². The first-order valence-electron chi connectivity index (χ1n) is 29.3. The Morgan fingerprint density at radius 3 is 0.791 bits per heavy atom. The molecule has 4 aromatic heterocycles. The molecule has 0 unspecified atom stereocenters. The molecule has 8 heteroatoms. The van der Waals surface area contributed by atoms with Crippen LogP contribution in [0.1, 0.15) is 33.4 Å². The van der Waals surface area contributed by atoms with E-state index in [2.05, 4.69) is 172 Å². The molecule has 0 aliphatic rings. The van der Waals surface area contributed by atoms with Crippen LogP contribution in [0.4, 0.5) is 0 Å². The lowest BCUT2D eigenvalue weighted by Crippen LogP contribution is -2.04. The van der Waals surface area contributed by atoms with Crippen molar-refractivity contribution in [3.05, 3.63) is 276 Å². The Labute approximate surface area is 499 Å². The van der Waals surface area contributed by atoms with Crippen molar-refractivity contribution in [1.29, 1.82) is 0 Å². The maximum Gasteiger partial charge on any atom is 0.164 e. The Hall–Kier alpha value is -11.0. The number of benzene rings is 11. The summed E-state index contributed by atoms with van der Waals surface area (Å²) in [7, 11) is 0. The minimum Gasteiger partial charge on any atom is -0.309 e. The monoisotopic (exact) mass is 1110 g/mol. The molecule has 0 spiro atoms. The van der Waals surface area contributed by atoms with Gasteiger partial charge in [-0.25, -0.2) is 29.9 Å². The van der Waals surface area contributed by atoms with Crippen molar-refractivity contribution >= 4 is 43.6 Å². The molecule has 0 aliphatic carbocycles. The molecule has 0 radical (unpaired) electrons. The minimum atomic E-state index is 0.632. The van der Waals surface area contributed by atoms with Crippen molar-refractivity contribution in [3.63, 3.8) is 0 Å². The number of hydrogen-bond acceptors (Lipinski definition) is 6. The van der Waals surface area contributed by atoms with Gasteiger partial charge in [-0.05, 0) is 121 Å². The Morgan fingerprint density at radius 1 is 0.233 bits per heavy atom. The van der Waals surface area contributed by atoms with Crippen molar-refractivity contribution in [2.45, 2.75) is 41.5 Å². The van der Waals surface area contributed by atoms with E-state index < -0.39 is 0 Å². The molecule has 15 aromatic rings. The van der Waals surface area contributed by atoms with Crippen LogP contribution in [-0.4, -0.2) is 39.0 Å². The van der Waals surface area contributed by atoms with Crippen molar-refractivity contribution in [2.75, 3.05) is 0 Å². The first kappa shape index (κ1) is 51.9. The van der Waals surface area contributed by atoms with Crippen LogP contribution in [0.25, 0.3) is 146 Å². The van der Waals surface area contributed by atoms with Gasteiger partial charge in [0, 0.05) is 54.9 Å². The summed E-state index contributed by atoms with van der Waals surface area (Å²) in [4.78, 5) is 30.0. The molecule has 15 rings (SSSR count). The maximum absolute atomic E-state index is 5.04. The molecule has 86 heavy (non-hydrogen) atoms. The Morgan fingerprint density at radius 2 is 0.488 bits per heavy atom. The zero-order chi connectivity index (χ0) is 58.2. The second-order valence-electron chi connectivity index (χ2n) is 22.5.